The predicted molar refractivity (Wildman–Crippen MR) is 120 cm³/mol. The van der Waals surface area contributed by atoms with Crippen LogP contribution in [0.25, 0.3) is 0 Å². The largest absolute Gasteiger partial charge is 0.495 e. The molecule has 0 aromatic heterocycles. The van der Waals surface area contributed by atoms with E-state index < -0.39 is 0 Å². The second-order valence-corrected chi connectivity index (χ2v) is 7.64. The van der Waals surface area contributed by atoms with Gasteiger partial charge in [0.1, 0.15) is 5.75 Å². The van der Waals surface area contributed by atoms with Crippen LogP contribution in [0.2, 0.25) is 0 Å². The zero-order valence-electron chi connectivity index (χ0n) is 17.0. The monoisotopic (exact) mass is 396 g/mol. The van der Waals surface area contributed by atoms with Crippen molar-refractivity contribution in [2.45, 2.75) is 18.9 Å². The van der Waals surface area contributed by atoms with Gasteiger partial charge in [0.2, 0.25) is 0 Å². The zero-order valence-corrected chi connectivity index (χ0v) is 17.0. The van der Waals surface area contributed by atoms with Crippen LogP contribution < -0.4 is 14.5 Å². The lowest BCUT2D eigenvalue weighted by molar-refractivity contribution is -0.116. The van der Waals surface area contributed by atoms with Crippen LogP contribution in [-0.4, -0.2) is 19.6 Å². The maximum Gasteiger partial charge on any atom is 0.256 e. The Hall–Kier alpha value is -3.53. The van der Waals surface area contributed by atoms with Gasteiger partial charge in [-0.2, -0.15) is 0 Å². The third-order valence-electron chi connectivity index (χ3n) is 6.03. The summed E-state index contributed by atoms with van der Waals surface area (Å²) < 4.78 is 5.61. The van der Waals surface area contributed by atoms with E-state index in [9.17, 15) is 4.79 Å². The molecule has 2 heterocycles. The first kappa shape index (κ1) is 18.5. The number of methoxy groups -OCH3 is 1. The van der Waals surface area contributed by atoms with E-state index in [0.29, 0.717) is 5.75 Å². The fourth-order valence-electron chi connectivity index (χ4n) is 4.63. The molecule has 0 N–H and O–H groups in total. The van der Waals surface area contributed by atoms with Crippen molar-refractivity contribution < 1.29 is 9.53 Å². The number of carbonyl (C=O) groups is 1. The van der Waals surface area contributed by atoms with Crippen LogP contribution in [0.4, 0.5) is 11.4 Å². The van der Waals surface area contributed by atoms with E-state index in [4.69, 9.17) is 4.74 Å². The molecular weight excluding hydrogens is 372 g/mol. The van der Waals surface area contributed by atoms with Crippen molar-refractivity contribution in [1.29, 1.82) is 0 Å². The Morgan fingerprint density at radius 2 is 1.53 bits per heavy atom. The Labute approximate surface area is 177 Å². The number of benzene rings is 3. The Morgan fingerprint density at radius 1 is 0.867 bits per heavy atom. The van der Waals surface area contributed by atoms with Gasteiger partial charge in [0.15, 0.2) is 0 Å². The van der Waals surface area contributed by atoms with Crippen molar-refractivity contribution in [3.63, 3.8) is 0 Å². The summed E-state index contributed by atoms with van der Waals surface area (Å²) in [7, 11) is 1.65. The number of rotatable bonds is 4. The first-order valence-corrected chi connectivity index (χ1v) is 10.3. The number of hydrogen-bond donors (Lipinski definition) is 0. The highest BCUT2D eigenvalue weighted by Crippen LogP contribution is 2.46. The molecule has 0 saturated carbocycles. The van der Waals surface area contributed by atoms with Crippen LogP contribution in [-0.2, 0) is 4.79 Å². The van der Waals surface area contributed by atoms with E-state index in [-0.39, 0.29) is 11.9 Å². The standard InChI is InChI=1S/C26H24N2O2/c1-30-25-15-9-8-14-22(25)28-23(19-10-4-2-5-11-19)18-24-21(26(28)29)16-17-27(24)20-12-6-3-7-13-20/h2-15,23H,16-18H2,1H3. The first-order valence-electron chi connectivity index (χ1n) is 10.3. The molecule has 0 spiro atoms. The molecule has 0 saturated heterocycles. The highest BCUT2D eigenvalue weighted by atomic mass is 16.5. The second kappa shape index (κ2) is 7.71. The van der Waals surface area contributed by atoms with Crippen molar-refractivity contribution in [3.8, 4) is 5.75 Å². The van der Waals surface area contributed by atoms with Gasteiger partial charge in [0, 0.05) is 29.9 Å². The van der Waals surface area contributed by atoms with Gasteiger partial charge in [-0.05, 0) is 36.2 Å². The number of ether oxygens (including phenoxy) is 1. The summed E-state index contributed by atoms with van der Waals surface area (Å²) >= 11 is 0. The first-order chi connectivity index (χ1) is 14.8. The number of carbonyl (C=O) groups excluding carboxylic acids is 1. The lowest BCUT2D eigenvalue weighted by Crippen LogP contribution is -2.41. The van der Waals surface area contributed by atoms with Gasteiger partial charge in [-0.3, -0.25) is 9.69 Å². The third-order valence-corrected chi connectivity index (χ3v) is 6.03. The summed E-state index contributed by atoms with van der Waals surface area (Å²) in [5.74, 6) is 0.793. The number of para-hydroxylation sites is 3. The summed E-state index contributed by atoms with van der Waals surface area (Å²) in [4.78, 5) is 18.1. The zero-order chi connectivity index (χ0) is 20.5. The number of hydrogen-bond acceptors (Lipinski definition) is 3. The number of nitrogens with zero attached hydrogens (tertiary/aromatic N) is 2. The lowest BCUT2D eigenvalue weighted by Gasteiger charge is -2.39. The van der Waals surface area contributed by atoms with E-state index in [1.54, 1.807) is 7.11 Å². The summed E-state index contributed by atoms with van der Waals surface area (Å²) in [6.45, 7) is 0.835. The average molecular weight is 396 g/mol. The van der Waals surface area contributed by atoms with Crippen molar-refractivity contribution in [2.75, 3.05) is 23.5 Å². The molecule has 0 bridgehead atoms. The van der Waals surface area contributed by atoms with Gasteiger partial charge in [0.05, 0.1) is 18.8 Å². The Kier molecular flexibility index (Phi) is 4.75. The van der Waals surface area contributed by atoms with Crippen molar-refractivity contribution >= 4 is 17.3 Å². The van der Waals surface area contributed by atoms with Gasteiger partial charge in [-0.15, -0.1) is 0 Å². The van der Waals surface area contributed by atoms with Crippen LogP contribution >= 0.6 is 0 Å². The summed E-state index contributed by atoms with van der Waals surface area (Å²) in [6, 6.07) is 28.4. The van der Waals surface area contributed by atoms with Crippen LogP contribution in [0.5, 0.6) is 5.75 Å². The maximum absolute atomic E-state index is 13.8. The average Bonchev–Trinajstić information content (AvgIpc) is 3.24. The fraction of sp³-hybridized carbons (Fsp3) is 0.192. The molecule has 0 fully saturated rings. The van der Waals surface area contributed by atoms with E-state index in [0.717, 1.165) is 47.6 Å². The molecular formula is C26H24N2O2. The van der Waals surface area contributed by atoms with Crippen LogP contribution in [0.1, 0.15) is 24.4 Å². The third kappa shape index (κ3) is 3.05. The topological polar surface area (TPSA) is 32.8 Å². The molecule has 2 aliphatic heterocycles. The summed E-state index contributed by atoms with van der Waals surface area (Å²) in [5, 5.41) is 0. The minimum Gasteiger partial charge on any atom is -0.495 e. The molecule has 3 aromatic carbocycles. The molecule has 30 heavy (non-hydrogen) atoms. The van der Waals surface area contributed by atoms with Gasteiger partial charge in [0.25, 0.3) is 5.91 Å². The predicted octanol–water partition coefficient (Wildman–Crippen LogP) is 5.34. The molecule has 3 aromatic rings. The molecule has 1 amide bonds. The van der Waals surface area contributed by atoms with Gasteiger partial charge < -0.3 is 9.64 Å². The van der Waals surface area contributed by atoms with Gasteiger partial charge >= 0.3 is 0 Å². The minimum atomic E-state index is -0.0851. The summed E-state index contributed by atoms with van der Waals surface area (Å²) in [5.41, 5.74) is 5.16. The molecule has 150 valence electrons. The Bertz CT molecular complexity index is 1090. The van der Waals surface area contributed by atoms with Gasteiger partial charge in [-0.1, -0.05) is 60.7 Å². The quantitative estimate of drug-likeness (QED) is 0.597. The van der Waals surface area contributed by atoms with Gasteiger partial charge in [-0.25, -0.2) is 0 Å². The van der Waals surface area contributed by atoms with Crippen molar-refractivity contribution in [3.05, 3.63) is 102 Å². The SMILES string of the molecule is COc1ccccc1N1C(=O)C2=C(CC1c1ccccc1)N(c1ccccc1)CC2. The summed E-state index contributed by atoms with van der Waals surface area (Å²) in [6.07, 6.45) is 1.54. The number of amides is 1. The van der Waals surface area contributed by atoms with Crippen LogP contribution in [0, 0.1) is 0 Å². The maximum atomic E-state index is 13.8. The lowest BCUT2D eigenvalue weighted by atomic mass is 9.92. The molecule has 4 nitrogen and oxygen atoms in total. The molecule has 2 aliphatic rings. The highest BCUT2D eigenvalue weighted by molar-refractivity contribution is 6.09. The Morgan fingerprint density at radius 3 is 2.27 bits per heavy atom. The highest BCUT2D eigenvalue weighted by Gasteiger charge is 2.41. The second-order valence-electron chi connectivity index (χ2n) is 7.64. The van der Waals surface area contributed by atoms with Crippen molar-refractivity contribution in [2.24, 2.45) is 0 Å². The molecule has 0 aliphatic carbocycles. The van der Waals surface area contributed by atoms with Crippen molar-refractivity contribution in [1.82, 2.24) is 0 Å². The normalized spacial score (nSPS) is 18.6. The Balaban J connectivity index is 1.63. The van der Waals surface area contributed by atoms with Crippen LogP contribution in [0.15, 0.2) is 96.2 Å². The van der Waals surface area contributed by atoms with E-state index in [2.05, 4.69) is 29.2 Å². The molecule has 4 heteroatoms. The number of anilines is 2. The smallest absolute Gasteiger partial charge is 0.256 e. The molecule has 1 unspecified atom stereocenters. The fourth-order valence-corrected chi connectivity index (χ4v) is 4.63. The van der Waals surface area contributed by atoms with E-state index in [1.807, 2.05) is 65.6 Å². The molecule has 5 rings (SSSR count). The molecule has 0 radical (unpaired) electrons. The van der Waals surface area contributed by atoms with Crippen LogP contribution in [0.3, 0.4) is 0 Å². The minimum absolute atomic E-state index is 0.0769. The molecule has 1 atom stereocenters. The van der Waals surface area contributed by atoms with E-state index >= 15 is 0 Å². The van der Waals surface area contributed by atoms with E-state index in [1.165, 1.54) is 0 Å².